The van der Waals surface area contributed by atoms with Crippen LogP contribution in [0.25, 0.3) is 0 Å². The van der Waals surface area contributed by atoms with Crippen LogP contribution >= 0.6 is 0 Å². The molecule has 0 fully saturated rings. The summed E-state index contributed by atoms with van der Waals surface area (Å²) in [6, 6.07) is 21.4. The maximum atomic E-state index is 13.0. The fourth-order valence-corrected chi connectivity index (χ4v) is 3.58. The maximum Gasteiger partial charge on any atom is 0.259 e. The van der Waals surface area contributed by atoms with Gasteiger partial charge in [-0.1, -0.05) is 30.3 Å². The molecule has 28 heavy (non-hydrogen) atoms. The molecule has 3 aromatic carbocycles. The number of carbonyl (C=O) groups excluding carboxylic acids is 1. The van der Waals surface area contributed by atoms with Crippen LogP contribution in [-0.2, 0) is 6.42 Å². The number of methoxy groups -OCH3 is 2. The molecule has 0 unspecified atom stereocenters. The van der Waals surface area contributed by atoms with E-state index in [2.05, 4.69) is 28.4 Å². The third-order valence-electron chi connectivity index (χ3n) is 4.98. The van der Waals surface area contributed by atoms with E-state index in [0.717, 1.165) is 24.3 Å². The molecule has 5 nitrogen and oxygen atoms in total. The highest BCUT2D eigenvalue weighted by Crippen LogP contribution is 2.38. The number of anilines is 3. The zero-order chi connectivity index (χ0) is 19.5. The average molecular weight is 374 g/mol. The Hall–Kier alpha value is -3.47. The second-order valence-electron chi connectivity index (χ2n) is 6.57. The molecule has 3 aromatic rings. The minimum Gasteiger partial charge on any atom is -0.497 e. The quantitative estimate of drug-likeness (QED) is 0.706. The number of benzene rings is 3. The van der Waals surface area contributed by atoms with Gasteiger partial charge in [0.25, 0.3) is 5.91 Å². The van der Waals surface area contributed by atoms with Crippen molar-refractivity contribution < 1.29 is 14.3 Å². The lowest BCUT2D eigenvalue weighted by Gasteiger charge is -2.23. The van der Waals surface area contributed by atoms with Crippen LogP contribution in [0.4, 0.5) is 17.1 Å². The van der Waals surface area contributed by atoms with Crippen molar-refractivity contribution >= 4 is 23.0 Å². The molecular weight excluding hydrogens is 352 g/mol. The van der Waals surface area contributed by atoms with Gasteiger partial charge in [0, 0.05) is 18.3 Å². The molecule has 1 heterocycles. The van der Waals surface area contributed by atoms with Crippen molar-refractivity contribution in [2.24, 2.45) is 0 Å². The van der Waals surface area contributed by atoms with Crippen LogP contribution in [0, 0.1) is 0 Å². The van der Waals surface area contributed by atoms with Gasteiger partial charge in [0.05, 0.1) is 31.2 Å². The minimum atomic E-state index is -0.223. The van der Waals surface area contributed by atoms with E-state index in [0.29, 0.717) is 17.1 Å². The first-order valence-corrected chi connectivity index (χ1v) is 9.19. The van der Waals surface area contributed by atoms with E-state index >= 15 is 0 Å². The summed E-state index contributed by atoms with van der Waals surface area (Å²) in [7, 11) is 3.12. The van der Waals surface area contributed by atoms with Crippen molar-refractivity contribution in [3.8, 4) is 11.5 Å². The van der Waals surface area contributed by atoms with Crippen molar-refractivity contribution in [3.63, 3.8) is 0 Å². The van der Waals surface area contributed by atoms with E-state index in [1.54, 1.807) is 32.4 Å². The third kappa shape index (κ3) is 3.27. The van der Waals surface area contributed by atoms with Crippen molar-refractivity contribution in [1.29, 1.82) is 0 Å². The maximum absolute atomic E-state index is 13.0. The molecule has 142 valence electrons. The number of nitrogens with one attached hydrogen (secondary N) is 1. The van der Waals surface area contributed by atoms with Crippen molar-refractivity contribution in [2.45, 2.75) is 6.42 Å². The summed E-state index contributed by atoms with van der Waals surface area (Å²) in [5.41, 5.74) is 4.71. The monoisotopic (exact) mass is 374 g/mol. The summed E-state index contributed by atoms with van der Waals surface area (Å²) in [5, 5.41) is 3.05. The zero-order valence-electron chi connectivity index (χ0n) is 15.9. The molecular formula is C23H22N2O3. The topological polar surface area (TPSA) is 50.8 Å². The molecule has 0 atom stereocenters. The molecule has 0 aromatic heterocycles. The fourth-order valence-electron chi connectivity index (χ4n) is 3.58. The first kappa shape index (κ1) is 17.9. The largest absolute Gasteiger partial charge is 0.497 e. The van der Waals surface area contributed by atoms with E-state index in [4.69, 9.17) is 9.47 Å². The molecule has 0 saturated carbocycles. The number of hydrogen-bond acceptors (Lipinski definition) is 4. The lowest BCUT2D eigenvalue weighted by Crippen LogP contribution is -2.18. The van der Waals surface area contributed by atoms with Crippen LogP contribution in [0.5, 0.6) is 11.5 Å². The van der Waals surface area contributed by atoms with Gasteiger partial charge in [0.2, 0.25) is 0 Å². The van der Waals surface area contributed by atoms with Crippen molar-refractivity contribution in [1.82, 2.24) is 0 Å². The van der Waals surface area contributed by atoms with Crippen molar-refractivity contribution in [3.05, 3.63) is 77.9 Å². The molecule has 0 bridgehead atoms. The molecule has 0 aliphatic carbocycles. The molecule has 1 aliphatic rings. The highest BCUT2D eigenvalue weighted by atomic mass is 16.5. The number of fused-ring (bicyclic) bond motifs is 1. The highest BCUT2D eigenvalue weighted by Gasteiger charge is 2.23. The molecule has 1 N–H and O–H groups in total. The average Bonchev–Trinajstić information content (AvgIpc) is 3.17. The summed E-state index contributed by atoms with van der Waals surface area (Å²) in [6.45, 7) is 0.887. The molecule has 0 saturated heterocycles. The Labute approximate surface area is 164 Å². The van der Waals surface area contributed by atoms with Crippen LogP contribution in [-0.4, -0.2) is 26.7 Å². The van der Waals surface area contributed by atoms with Crippen LogP contribution in [0.15, 0.2) is 66.7 Å². The SMILES string of the molecule is COc1ccc(C(=O)Nc2ccccc2N2CCc3ccccc32)c(OC)c1. The molecule has 1 aliphatic heterocycles. The van der Waals surface area contributed by atoms with Gasteiger partial charge in [-0.2, -0.15) is 0 Å². The normalized spacial score (nSPS) is 12.4. The molecule has 4 rings (SSSR count). The number of para-hydroxylation sites is 3. The Morgan fingerprint density at radius 3 is 2.46 bits per heavy atom. The predicted octanol–water partition coefficient (Wildman–Crippen LogP) is 4.65. The number of hydrogen-bond donors (Lipinski definition) is 1. The molecule has 1 amide bonds. The second kappa shape index (κ2) is 7.64. The lowest BCUT2D eigenvalue weighted by molar-refractivity contribution is 0.102. The Balaban J connectivity index is 1.65. The first-order valence-electron chi connectivity index (χ1n) is 9.19. The number of amides is 1. The number of rotatable bonds is 5. The summed E-state index contributed by atoms with van der Waals surface area (Å²) >= 11 is 0. The van der Waals surface area contributed by atoms with Crippen LogP contribution in [0.1, 0.15) is 15.9 Å². The van der Waals surface area contributed by atoms with Crippen LogP contribution < -0.4 is 19.7 Å². The van der Waals surface area contributed by atoms with Gasteiger partial charge in [-0.25, -0.2) is 0 Å². The first-order chi connectivity index (χ1) is 13.7. The zero-order valence-corrected chi connectivity index (χ0v) is 15.9. The van der Waals surface area contributed by atoms with E-state index in [1.807, 2.05) is 30.3 Å². The van der Waals surface area contributed by atoms with Gasteiger partial charge in [0.15, 0.2) is 0 Å². The number of carbonyl (C=O) groups is 1. The number of nitrogens with zero attached hydrogens (tertiary/aromatic N) is 1. The molecule has 0 radical (unpaired) electrons. The summed E-state index contributed by atoms with van der Waals surface area (Å²) in [4.78, 5) is 15.2. The summed E-state index contributed by atoms with van der Waals surface area (Å²) < 4.78 is 10.6. The summed E-state index contributed by atoms with van der Waals surface area (Å²) in [5.74, 6) is 0.891. The standard InChI is InChI=1S/C23H22N2O3/c1-27-17-11-12-18(22(15-17)28-2)23(26)24-19-8-4-6-10-21(19)25-14-13-16-7-3-5-9-20(16)25/h3-12,15H,13-14H2,1-2H3,(H,24,26). The summed E-state index contributed by atoms with van der Waals surface area (Å²) in [6.07, 6.45) is 0.991. The van der Waals surface area contributed by atoms with E-state index in [1.165, 1.54) is 11.3 Å². The van der Waals surface area contributed by atoms with E-state index in [-0.39, 0.29) is 5.91 Å². The van der Waals surface area contributed by atoms with Gasteiger partial charge in [-0.15, -0.1) is 0 Å². The van der Waals surface area contributed by atoms with Gasteiger partial charge in [-0.3, -0.25) is 4.79 Å². The smallest absolute Gasteiger partial charge is 0.259 e. The van der Waals surface area contributed by atoms with Crippen LogP contribution in [0.2, 0.25) is 0 Å². The van der Waals surface area contributed by atoms with Crippen molar-refractivity contribution in [2.75, 3.05) is 31.0 Å². The van der Waals surface area contributed by atoms with Gasteiger partial charge in [0.1, 0.15) is 11.5 Å². The predicted molar refractivity (Wildman–Crippen MR) is 111 cm³/mol. The van der Waals surface area contributed by atoms with Gasteiger partial charge in [-0.05, 0) is 42.3 Å². The van der Waals surface area contributed by atoms with Gasteiger partial charge >= 0.3 is 0 Å². The van der Waals surface area contributed by atoms with E-state index < -0.39 is 0 Å². The third-order valence-corrected chi connectivity index (χ3v) is 4.98. The minimum absolute atomic E-state index is 0.223. The van der Waals surface area contributed by atoms with Crippen LogP contribution in [0.3, 0.4) is 0 Å². The Bertz CT molecular complexity index is 1020. The fraction of sp³-hybridized carbons (Fsp3) is 0.174. The lowest BCUT2D eigenvalue weighted by atomic mass is 10.1. The molecule has 5 heteroatoms. The second-order valence-corrected chi connectivity index (χ2v) is 6.57. The molecule has 0 spiro atoms. The highest BCUT2D eigenvalue weighted by molar-refractivity contribution is 6.08. The Morgan fingerprint density at radius 1 is 0.929 bits per heavy atom. The van der Waals surface area contributed by atoms with Gasteiger partial charge < -0.3 is 19.7 Å². The Morgan fingerprint density at radius 2 is 1.68 bits per heavy atom. The Kier molecular flexibility index (Phi) is 4.89. The van der Waals surface area contributed by atoms with E-state index in [9.17, 15) is 4.79 Å². The number of ether oxygens (including phenoxy) is 2.